The average Bonchev–Trinajstić information content (AvgIpc) is 2.92. The summed E-state index contributed by atoms with van der Waals surface area (Å²) in [7, 11) is 1.77. The van der Waals surface area contributed by atoms with E-state index < -0.39 is 18.0 Å². The molecule has 3 heterocycles. The van der Waals surface area contributed by atoms with Crippen molar-refractivity contribution in [1.29, 1.82) is 5.41 Å². The SMILES string of the molecule is CNCC(C)(C=N)c1cc2c(cc1C(F)F)N(C(N)C1CN(C(C)=O)CCC1(C)NC1CCNCC1)CCC2. The van der Waals surface area contributed by atoms with Crippen LogP contribution in [-0.4, -0.2) is 81.1 Å². The van der Waals surface area contributed by atoms with E-state index in [4.69, 9.17) is 11.1 Å². The molecule has 3 aliphatic rings. The molecule has 2 fully saturated rings. The Morgan fingerprint density at radius 2 is 2.05 bits per heavy atom. The zero-order valence-electron chi connectivity index (χ0n) is 24.0. The van der Waals surface area contributed by atoms with Gasteiger partial charge in [-0.2, -0.15) is 0 Å². The van der Waals surface area contributed by atoms with Gasteiger partial charge in [-0.05, 0) is 83.3 Å². The van der Waals surface area contributed by atoms with Gasteiger partial charge in [0.2, 0.25) is 5.91 Å². The molecule has 2 saturated heterocycles. The molecule has 0 aromatic heterocycles. The van der Waals surface area contributed by atoms with Crippen molar-refractivity contribution < 1.29 is 13.6 Å². The van der Waals surface area contributed by atoms with Crippen LogP contribution in [0.4, 0.5) is 14.5 Å². The maximum absolute atomic E-state index is 14.5. The minimum absolute atomic E-state index is 0.0373. The molecule has 0 saturated carbocycles. The summed E-state index contributed by atoms with van der Waals surface area (Å²) in [5, 5.41) is 18.4. The van der Waals surface area contributed by atoms with Crippen molar-refractivity contribution in [2.45, 2.75) is 82.5 Å². The van der Waals surface area contributed by atoms with Crippen LogP contribution in [0, 0.1) is 11.3 Å². The number of benzene rings is 1. The van der Waals surface area contributed by atoms with Crippen molar-refractivity contribution in [3.05, 3.63) is 28.8 Å². The second-order valence-corrected chi connectivity index (χ2v) is 12.2. The number of amides is 1. The van der Waals surface area contributed by atoms with Gasteiger partial charge >= 0.3 is 0 Å². The standard InChI is InChI=1S/C29H47F2N7O/c1-19(39)37-13-9-29(3,36-21-7-10-35-11-8-21)24(16-37)27(33)38-12-5-6-20-14-23(28(2,17-32)18-34-4)22(26(30)31)15-25(20)38/h14-15,17,21,24,26-27,32,34-36H,5-13,16,18,33H2,1-4H3. The van der Waals surface area contributed by atoms with Gasteiger partial charge in [0.05, 0.1) is 6.17 Å². The normalized spacial score (nSPS) is 26.7. The number of likely N-dealkylation sites (N-methyl/N-ethyl adjacent to an activating group) is 1. The summed E-state index contributed by atoms with van der Waals surface area (Å²) in [6.07, 6.45) is 2.65. The van der Waals surface area contributed by atoms with Crippen LogP contribution in [0.3, 0.4) is 0 Å². The lowest BCUT2D eigenvalue weighted by Crippen LogP contribution is -2.68. The Balaban J connectivity index is 1.71. The van der Waals surface area contributed by atoms with Gasteiger partial charge < -0.3 is 36.9 Å². The van der Waals surface area contributed by atoms with Gasteiger partial charge in [0, 0.05) is 73.5 Å². The molecule has 6 N–H and O–H groups in total. The highest BCUT2D eigenvalue weighted by atomic mass is 19.3. The van der Waals surface area contributed by atoms with E-state index in [1.54, 1.807) is 20.0 Å². The van der Waals surface area contributed by atoms with Gasteiger partial charge in [-0.1, -0.05) is 6.07 Å². The van der Waals surface area contributed by atoms with Crippen molar-refractivity contribution in [1.82, 2.24) is 20.9 Å². The maximum atomic E-state index is 14.5. The van der Waals surface area contributed by atoms with E-state index in [0.717, 1.165) is 56.4 Å². The van der Waals surface area contributed by atoms with Gasteiger partial charge in [0.25, 0.3) is 6.43 Å². The van der Waals surface area contributed by atoms with E-state index in [-0.39, 0.29) is 22.9 Å². The quantitative estimate of drug-likeness (QED) is 0.304. The monoisotopic (exact) mass is 547 g/mol. The van der Waals surface area contributed by atoms with E-state index in [0.29, 0.717) is 37.8 Å². The lowest BCUT2D eigenvalue weighted by molar-refractivity contribution is -0.132. The summed E-state index contributed by atoms with van der Waals surface area (Å²) in [6.45, 7) is 9.88. The molecule has 39 heavy (non-hydrogen) atoms. The summed E-state index contributed by atoms with van der Waals surface area (Å²) in [5.74, 6) is -0.0444. The van der Waals surface area contributed by atoms with Gasteiger partial charge in [-0.3, -0.25) is 4.79 Å². The number of nitrogens with two attached hydrogens (primary N) is 1. The molecule has 4 unspecified atom stereocenters. The van der Waals surface area contributed by atoms with Crippen molar-refractivity contribution in [3.8, 4) is 0 Å². The minimum atomic E-state index is -2.67. The molecular formula is C29H47F2N7O. The van der Waals surface area contributed by atoms with E-state index in [1.165, 1.54) is 6.21 Å². The lowest BCUT2D eigenvalue weighted by atomic mass is 9.75. The number of nitrogens with one attached hydrogen (secondary N) is 4. The first-order chi connectivity index (χ1) is 18.5. The Morgan fingerprint density at radius 3 is 2.67 bits per heavy atom. The zero-order chi connectivity index (χ0) is 28.4. The first-order valence-corrected chi connectivity index (χ1v) is 14.4. The van der Waals surface area contributed by atoms with Crippen molar-refractivity contribution >= 4 is 17.8 Å². The zero-order valence-corrected chi connectivity index (χ0v) is 24.0. The Kier molecular flexibility index (Phi) is 9.30. The molecule has 1 aromatic carbocycles. The van der Waals surface area contributed by atoms with E-state index in [9.17, 15) is 13.6 Å². The minimum Gasteiger partial charge on any atom is -0.356 e. The van der Waals surface area contributed by atoms with Crippen LogP contribution in [0.1, 0.15) is 69.6 Å². The number of aryl methyl sites for hydroxylation is 1. The van der Waals surface area contributed by atoms with Gasteiger partial charge in [0.1, 0.15) is 0 Å². The molecule has 8 nitrogen and oxygen atoms in total. The molecular weight excluding hydrogens is 500 g/mol. The number of halogens is 2. The summed E-state index contributed by atoms with van der Waals surface area (Å²) in [4.78, 5) is 16.4. The number of hydrogen-bond acceptors (Lipinski definition) is 7. The molecule has 0 aliphatic carbocycles. The topological polar surface area (TPSA) is 110 Å². The van der Waals surface area contributed by atoms with Crippen LogP contribution in [0.5, 0.6) is 0 Å². The van der Waals surface area contributed by atoms with Crippen LogP contribution in [-0.2, 0) is 16.6 Å². The number of anilines is 1. The molecule has 0 spiro atoms. The number of hydrogen-bond donors (Lipinski definition) is 5. The summed E-state index contributed by atoms with van der Waals surface area (Å²) in [6, 6.07) is 3.88. The third-order valence-electron chi connectivity index (χ3n) is 9.35. The van der Waals surface area contributed by atoms with Crippen molar-refractivity contribution in [2.24, 2.45) is 11.7 Å². The fourth-order valence-electron chi connectivity index (χ4n) is 6.94. The van der Waals surface area contributed by atoms with Crippen molar-refractivity contribution in [2.75, 3.05) is 51.2 Å². The molecule has 0 bridgehead atoms. The molecule has 1 aromatic rings. The Bertz CT molecular complexity index is 1030. The molecule has 1 amide bonds. The second kappa shape index (κ2) is 12.2. The van der Waals surface area contributed by atoms with E-state index >= 15 is 0 Å². The number of alkyl halides is 2. The van der Waals surface area contributed by atoms with Gasteiger partial charge in [0.15, 0.2) is 0 Å². The smallest absolute Gasteiger partial charge is 0.264 e. The largest absolute Gasteiger partial charge is 0.356 e. The van der Waals surface area contributed by atoms with E-state index in [1.807, 2.05) is 17.9 Å². The number of likely N-dealkylation sites (tertiary alicyclic amines) is 1. The summed E-state index contributed by atoms with van der Waals surface area (Å²) in [5.41, 5.74) is 8.18. The lowest BCUT2D eigenvalue weighted by Gasteiger charge is -2.53. The Labute approximate surface area is 231 Å². The number of carbonyl (C=O) groups excluding carboxylic acids is 1. The van der Waals surface area contributed by atoms with Crippen LogP contribution in [0.15, 0.2) is 12.1 Å². The number of carbonyl (C=O) groups is 1. The highest BCUT2D eigenvalue weighted by Gasteiger charge is 2.46. The van der Waals surface area contributed by atoms with Crippen LogP contribution >= 0.6 is 0 Å². The molecule has 218 valence electrons. The Morgan fingerprint density at radius 1 is 1.33 bits per heavy atom. The first kappa shape index (κ1) is 29.8. The predicted molar refractivity (Wildman–Crippen MR) is 153 cm³/mol. The van der Waals surface area contributed by atoms with Crippen LogP contribution < -0.4 is 26.6 Å². The molecule has 3 aliphatic heterocycles. The predicted octanol–water partition coefficient (Wildman–Crippen LogP) is 2.76. The van der Waals surface area contributed by atoms with Crippen LogP contribution in [0.25, 0.3) is 0 Å². The third kappa shape index (κ3) is 6.14. The molecule has 0 radical (unpaired) electrons. The van der Waals surface area contributed by atoms with Gasteiger partial charge in [-0.15, -0.1) is 0 Å². The summed E-state index contributed by atoms with van der Waals surface area (Å²) >= 11 is 0. The number of piperidine rings is 2. The number of fused-ring (bicyclic) bond motifs is 1. The Hall–Kier alpha value is -2.14. The highest BCUT2D eigenvalue weighted by Crippen LogP contribution is 2.41. The molecule has 4 rings (SSSR count). The highest BCUT2D eigenvalue weighted by molar-refractivity contribution is 5.74. The van der Waals surface area contributed by atoms with E-state index in [2.05, 4.69) is 27.8 Å². The molecule has 4 atom stereocenters. The fourth-order valence-corrected chi connectivity index (χ4v) is 6.94. The van der Waals surface area contributed by atoms with Crippen molar-refractivity contribution in [3.63, 3.8) is 0 Å². The number of rotatable bonds is 9. The first-order valence-electron chi connectivity index (χ1n) is 14.4. The average molecular weight is 548 g/mol. The van der Waals surface area contributed by atoms with Gasteiger partial charge in [-0.25, -0.2) is 8.78 Å². The maximum Gasteiger partial charge on any atom is 0.264 e. The fraction of sp³-hybridized carbons (Fsp3) is 0.724. The number of nitrogens with zero attached hydrogens (tertiary/aromatic N) is 2. The third-order valence-corrected chi connectivity index (χ3v) is 9.35. The summed E-state index contributed by atoms with van der Waals surface area (Å²) < 4.78 is 29.0. The molecule has 10 heteroatoms. The second-order valence-electron chi connectivity index (χ2n) is 12.2. The van der Waals surface area contributed by atoms with Crippen LogP contribution in [0.2, 0.25) is 0 Å².